The molecule has 29 heavy (non-hydrogen) atoms. The lowest BCUT2D eigenvalue weighted by Crippen LogP contribution is -2.48. The molecule has 0 fully saturated rings. The van der Waals surface area contributed by atoms with Crippen LogP contribution in [0.5, 0.6) is 0 Å². The van der Waals surface area contributed by atoms with E-state index in [-0.39, 0.29) is 16.9 Å². The fourth-order valence-electron chi connectivity index (χ4n) is 2.20. The van der Waals surface area contributed by atoms with E-state index in [1.54, 1.807) is 36.4 Å². The molecule has 2 rings (SSSR count). The highest BCUT2D eigenvalue weighted by Crippen LogP contribution is 2.11. The van der Waals surface area contributed by atoms with Gasteiger partial charge in [-0.25, -0.2) is 0 Å². The molecule has 1 heterocycles. The summed E-state index contributed by atoms with van der Waals surface area (Å²) in [5, 5.41) is 5.09. The van der Waals surface area contributed by atoms with Crippen LogP contribution in [-0.2, 0) is 9.59 Å². The highest BCUT2D eigenvalue weighted by atomic mass is 32.1. The van der Waals surface area contributed by atoms with E-state index >= 15 is 0 Å². The zero-order valence-corrected chi connectivity index (χ0v) is 16.8. The number of carbonyl (C=O) groups excluding carboxylic acids is 3. The van der Waals surface area contributed by atoms with Crippen molar-refractivity contribution in [3.05, 3.63) is 60.1 Å². The number of anilines is 1. The Labute approximate surface area is 173 Å². The van der Waals surface area contributed by atoms with E-state index in [0.717, 1.165) is 0 Å². The molecule has 0 aliphatic rings. The van der Waals surface area contributed by atoms with E-state index in [0.29, 0.717) is 23.4 Å². The van der Waals surface area contributed by atoms with Gasteiger partial charge in [-0.1, -0.05) is 13.8 Å². The summed E-state index contributed by atoms with van der Waals surface area (Å²) in [5.41, 5.74) is 5.79. The minimum Gasteiger partial charge on any atom is -0.465 e. The van der Waals surface area contributed by atoms with E-state index in [1.165, 1.54) is 18.4 Å². The molecule has 3 amide bonds. The Morgan fingerprint density at radius 1 is 1.10 bits per heavy atom. The fourth-order valence-corrected chi connectivity index (χ4v) is 2.35. The maximum absolute atomic E-state index is 12.1. The van der Waals surface area contributed by atoms with Crippen LogP contribution in [-0.4, -0.2) is 22.8 Å². The van der Waals surface area contributed by atoms with Gasteiger partial charge in [-0.2, -0.15) is 0 Å². The van der Waals surface area contributed by atoms with Crippen LogP contribution in [0.3, 0.4) is 0 Å². The number of furan rings is 1. The molecule has 0 radical (unpaired) electrons. The molecule has 9 heteroatoms. The van der Waals surface area contributed by atoms with Crippen LogP contribution in [0.15, 0.2) is 53.2 Å². The number of carbonyl (C=O) groups is 3. The van der Waals surface area contributed by atoms with Gasteiger partial charge in [-0.15, -0.1) is 0 Å². The summed E-state index contributed by atoms with van der Waals surface area (Å²) in [6, 6.07) is 9.79. The second kappa shape index (κ2) is 10.8. The highest BCUT2D eigenvalue weighted by Gasteiger charge is 2.09. The molecular weight excluding hydrogens is 392 g/mol. The summed E-state index contributed by atoms with van der Waals surface area (Å²) in [5.74, 6) is -0.226. The van der Waals surface area contributed by atoms with Crippen molar-refractivity contribution in [2.24, 2.45) is 5.92 Å². The number of benzene rings is 1. The summed E-state index contributed by atoms with van der Waals surface area (Å²) in [4.78, 5) is 35.6. The third-order valence-corrected chi connectivity index (χ3v) is 3.70. The standard InChI is InChI=1S/C20H22N4O4S/c1-13(2)12-18(26)21-15-7-5-14(6-8-15)19(27)23-24-20(29)22-17(25)10-9-16-4-3-11-28-16/h3-11,13H,12H2,1-2H3,(H,21,26)(H,23,27)(H2,22,24,25,29). The number of amides is 3. The Morgan fingerprint density at radius 3 is 2.45 bits per heavy atom. The van der Waals surface area contributed by atoms with Crippen molar-refractivity contribution in [1.82, 2.24) is 16.2 Å². The van der Waals surface area contributed by atoms with Gasteiger partial charge in [0.2, 0.25) is 11.8 Å². The molecule has 0 aliphatic heterocycles. The molecule has 4 N–H and O–H groups in total. The number of thiocarbonyl (C=S) groups is 1. The molecule has 1 aromatic carbocycles. The van der Waals surface area contributed by atoms with Crippen molar-refractivity contribution in [2.75, 3.05) is 5.32 Å². The molecule has 8 nitrogen and oxygen atoms in total. The van der Waals surface area contributed by atoms with Crippen LogP contribution < -0.4 is 21.5 Å². The van der Waals surface area contributed by atoms with Crippen LogP contribution in [0.1, 0.15) is 36.4 Å². The zero-order chi connectivity index (χ0) is 21.2. The summed E-state index contributed by atoms with van der Waals surface area (Å²) < 4.78 is 5.07. The highest BCUT2D eigenvalue weighted by molar-refractivity contribution is 7.80. The Balaban J connectivity index is 1.77. The first kappa shape index (κ1) is 21.8. The van der Waals surface area contributed by atoms with Crippen molar-refractivity contribution in [3.8, 4) is 0 Å². The predicted octanol–water partition coefficient (Wildman–Crippen LogP) is 2.61. The van der Waals surface area contributed by atoms with Gasteiger partial charge >= 0.3 is 0 Å². The first-order chi connectivity index (χ1) is 13.8. The van der Waals surface area contributed by atoms with Crippen molar-refractivity contribution >= 4 is 46.8 Å². The maximum Gasteiger partial charge on any atom is 0.269 e. The average molecular weight is 414 g/mol. The Bertz CT molecular complexity index is 890. The molecular formula is C20H22N4O4S. The largest absolute Gasteiger partial charge is 0.465 e. The van der Waals surface area contributed by atoms with Crippen molar-refractivity contribution in [3.63, 3.8) is 0 Å². The predicted molar refractivity (Wildman–Crippen MR) is 114 cm³/mol. The molecule has 0 unspecified atom stereocenters. The lowest BCUT2D eigenvalue weighted by atomic mass is 10.1. The van der Waals surface area contributed by atoms with Gasteiger partial charge in [0.15, 0.2) is 5.11 Å². The van der Waals surface area contributed by atoms with Gasteiger partial charge in [0, 0.05) is 23.7 Å². The molecule has 0 spiro atoms. The van der Waals surface area contributed by atoms with Gasteiger partial charge in [0.1, 0.15) is 5.76 Å². The Hall–Kier alpha value is -3.46. The van der Waals surface area contributed by atoms with Crippen LogP contribution in [0.25, 0.3) is 6.08 Å². The first-order valence-electron chi connectivity index (χ1n) is 8.86. The number of rotatable bonds is 6. The number of nitrogens with one attached hydrogen (secondary N) is 4. The monoisotopic (exact) mass is 414 g/mol. The van der Waals surface area contributed by atoms with E-state index < -0.39 is 11.8 Å². The molecule has 2 aromatic rings. The van der Waals surface area contributed by atoms with Crippen LogP contribution in [0.4, 0.5) is 5.69 Å². The van der Waals surface area contributed by atoms with Crippen molar-refractivity contribution in [1.29, 1.82) is 0 Å². The summed E-state index contributed by atoms with van der Waals surface area (Å²) in [7, 11) is 0. The summed E-state index contributed by atoms with van der Waals surface area (Å²) in [6.07, 6.45) is 4.65. The number of hydrogen-bond acceptors (Lipinski definition) is 5. The Kier molecular flexibility index (Phi) is 8.11. The zero-order valence-electron chi connectivity index (χ0n) is 16.0. The fraction of sp³-hybridized carbons (Fsp3) is 0.200. The van der Waals surface area contributed by atoms with Crippen LogP contribution in [0.2, 0.25) is 0 Å². The third kappa shape index (κ3) is 7.97. The van der Waals surface area contributed by atoms with E-state index in [2.05, 4.69) is 21.5 Å². The molecule has 1 aromatic heterocycles. The SMILES string of the molecule is CC(C)CC(=O)Nc1ccc(C(=O)NNC(=S)NC(=O)C=Cc2ccco2)cc1. The number of hydrogen-bond donors (Lipinski definition) is 4. The molecule has 0 aliphatic carbocycles. The topological polar surface area (TPSA) is 112 Å². The minimum absolute atomic E-state index is 0.0648. The van der Waals surface area contributed by atoms with Crippen molar-refractivity contribution in [2.45, 2.75) is 20.3 Å². The molecule has 0 atom stereocenters. The smallest absolute Gasteiger partial charge is 0.269 e. The average Bonchev–Trinajstić information content (AvgIpc) is 3.18. The summed E-state index contributed by atoms with van der Waals surface area (Å²) in [6.45, 7) is 3.92. The van der Waals surface area contributed by atoms with Gasteiger partial charge in [-0.3, -0.25) is 30.6 Å². The minimum atomic E-state index is -0.477. The van der Waals surface area contributed by atoms with Crippen LogP contribution >= 0.6 is 12.2 Å². The van der Waals surface area contributed by atoms with Crippen LogP contribution in [0, 0.1) is 5.92 Å². The molecule has 0 saturated carbocycles. The quantitative estimate of drug-likeness (QED) is 0.328. The number of hydrazine groups is 1. The summed E-state index contributed by atoms with van der Waals surface area (Å²) >= 11 is 4.95. The van der Waals surface area contributed by atoms with E-state index in [9.17, 15) is 14.4 Å². The van der Waals surface area contributed by atoms with E-state index in [4.69, 9.17) is 16.6 Å². The van der Waals surface area contributed by atoms with Gasteiger partial charge in [-0.05, 0) is 60.6 Å². The lowest BCUT2D eigenvalue weighted by molar-refractivity contribution is -0.117. The molecule has 0 bridgehead atoms. The van der Waals surface area contributed by atoms with Gasteiger partial charge in [0.05, 0.1) is 6.26 Å². The van der Waals surface area contributed by atoms with E-state index in [1.807, 2.05) is 13.8 Å². The third-order valence-electron chi connectivity index (χ3n) is 3.49. The maximum atomic E-state index is 12.1. The normalized spacial score (nSPS) is 10.6. The van der Waals surface area contributed by atoms with Gasteiger partial charge < -0.3 is 9.73 Å². The first-order valence-corrected chi connectivity index (χ1v) is 9.27. The van der Waals surface area contributed by atoms with Crippen molar-refractivity contribution < 1.29 is 18.8 Å². The second-order valence-electron chi connectivity index (χ2n) is 6.47. The lowest BCUT2D eigenvalue weighted by Gasteiger charge is -2.10. The Morgan fingerprint density at radius 2 is 1.83 bits per heavy atom. The second-order valence-corrected chi connectivity index (χ2v) is 6.88. The molecule has 152 valence electrons. The van der Waals surface area contributed by atoms with Gasteiger partial charge in [0.25, 0.3) is 5.91 Å². The molecule has 0 saturated heterocycles.